The summed E-state index contributed by atoms with van der Waals surface area (Å²) in [5, 5.41) is 1.97. The van der Waals surface area contributed by atoms with Crippen molar-refractivity contribution >= 4 is 63.7 Å². The van der Waals surface area contributed by atoms with Crippen molar-refractivity contribution in [2.24, 2.45) is 7.05 Å². The maximum absolute atomic E-state index is 12.8. The molecule has 2 aromatic carbocycles. The highest BCUT2D eigenvalue weighted by atomic mass is 127. The molecule has 0 radical (unpaired) electrons. The van der Waals surface area contributed by atoms with Crippen LogP contribution < -0.4 is 10.3 Å². The van der Waals surface area contributed by atoms with Crippen molar-refractivity contribution in [3.8, 4) is 28.1 Å². The first-order valence-electron chi connectivity index (χ1n) is 13.3. The Bertz CT molecular complexity index is 1890. The van der Waals surface area contributed by atoms with Gasteiger partial charge in [-0.25, -0.2) is 9.56 Å². The molecule has 0 atom stereocenters. The van der Waals surface area contributed by atoms with E-state index in [2.05, 4.69) is 44.0 Å². The summed E-state index contributed by atoms with van der Waals surface area (Å²) in [5.74, 6) is 0.866. The lowest BCUT2D eigenvalue weighted by Gasteiger charge is -2.21. The van der Waals surface area contributed by atoms with Gasteiger partial charge in [0.1, 0.15) is 17.9 Å². The SMILES string of the molecule is CC1=[N+](CCOc2ccc(-c3ccc4cc(-c5cn(C)c(=O)c6c5ccn6SI)ccc4n3)cc2)CCN(C)C1=O. The Kier molecular flexibility index (Phi) is 7.60. The third kappa shape index (κ3) is 5.26. The average Bonchev–Trinajstić information content (AvgIpc) is 3.43. The van der Waals surface area contributed by atoms with Gasteiger partial charge in [0.15, 0.2) is 13.1 Å². The van der Waals surface area contributed by atoms with Crippen LogP contribution in [0.15, 0.2) is 77.9 Å². The predicted molar refractivity (Wildman–Crippen MR) is 174 cm³/mol. The number of halogens is 1. The third-order valence-corrected chi connectivity index (χ3v) is 9.40. The van der Waals surface area contributed by atoms with Crippen molar-refractivity contribution < 1.29 is 14.1 Å². The number of pyridine rings is 2. The topological polar surface area (TPSA) is 72.4 Å². The van der Waals surface area contributed by atoms with E-state index >= 15 is 0 Å². The number of hydrogen-bond acceptors (Lipinski definition) is 5. The molecule has 1 aliphatic rings. The molecule has 0 N–H and O–H groups in total. The Balaban J connectivity index is 1.20. The Morgan fingerprint density at radius 2 is 1.80 bits per heavy atom. The van der Waals surface area contributed by atoms with Crippen molar-refractivity contribution in [3.63, 3.8) is 0 Å². The van der Waals surface area contributed by atoms with E-state index in [1.807, 2.05) is 72.8 Å². The Morgan fingerprint density at radius 1 is 1.02 bits per heavy atom. The highest BCUT2D eigenvalue weighted by Gasteiger charge is 2.27. The Morgan fingerprint density at radius 3 is 2.59 bits per heavy atom. The standard InChI is InChI=1S/C31H29IN5O3S/c1-20-30(38)34(2)14-15-36(20)16-17-40-24-8-4-21(5-9-24)27-11-7-23-18-22(6-10-28(23)33-27)26-19-35(3)31(39)29-25(26)12-13-37(29)41-32/h4-13,18-19H,14-17H2,1-3H3/q+1. The number of ether oxygens (including phenoxy) is 1. The number of amides is 1. The zero-order valence-corrected chi connectivity index (χ0v) is 26.0. The minimum Gasteiger partial charge on any atom is -0.487 e. The zero-order valence-electron chi connectivity index (χ0n) is 23.0. The molecule has 0 spiro atoms. The molecule has 1 aliphatic heterocycles. The lowest BCUT2D eigenvalue weighted by Crippen LogP contribution is -2.47. The summed E-state index contributed by atoms with van der Waals surface area (Å²) < 4.78 is 11.6. The molecule has 3 aromatic heterocycles. The molecule has 0 saturated carbocycles. The number of likely N-dealkylation sites (N-methyl/N-ethyl adjacent to an activating group) is 1. The fourth-order valence-electron chi connectivity index (χ4n) is 5.30. The van der Waals surface area contributed by atoms with E-state index in [0.717, 1.165) is 63.2 Å². The molecular formula is C31H29IN5O3S+. The van der Waals surface area contributed by atoms with Crippen LogP contribution in [0.3, 0.4) is 0 Å². The summed E-state index contributed by atoms with van der Waals surface area (Å²) in [6.45, 7) is 4.61. The number of hydrogen-bond donors (Lipinski definition) is 0. The summed E-state index contributed by atoms with van der Waals surface area (Å²) >= 11 is 2.19. The molecule has 41 heavy (non-hydrogen) atoms. The summed E-state index contributed by atoms with van der Waals surface area (Å²) in [4.78, 5) is 31.6. The van der Waals surface area contributed by atoms with E-state index < -0.39 is 0 Å². The maximum Gasteiger partial charge on any atom is 0.313 e. The van der Waals surface area contributed by atoms with Gasteiger partial charge in [-0.15, -0.1) is 0 Å². The van der Waals surface area contributed by atoms with E-state index in [1.165, 1.54) is 9.12 Å². The lowest BCUT2D eigenvalue weighted by atomic mass is 10.0. The van der Waals surface area contributed by atoms with Crippen molar-refractivity contribution in [1.29, 1.82) is 0 Å². The smallest absolute Gasteiger partial charge is 0.313 e. The highest BCUT2D eigenvalue weighted by molar-refractivity contribution is 14.2. The highest BCUT2D eigenvalue weighted by Crippen LogP contribution is 2.33. The van der Waals surface area contributed by atoms with Crippen LogP contribution in [0.5, 0.6) is 5.75 Å². The first-order chi connectivity index (χ1) is 19.8. The second-order valence-corrected chi connectivity index (χ2v) is 11.9. The van der Waals surface area contributed by atoms with Gasteiger partial charge in [0.05, 0.1) is 17.8 Å². The van der Waals surface area contributed by atoms with Gasteiger partial charge in [-0.1, -0.05) is 12.1 Å². The van der Waals surface area contributed by atoms with E-state index in [-0.39, 0.29) is 11.5 Å². The average molecular weight is 679 g/mol. The van der Waals surface area contributed by atoms with Gasteiger partial charge in [0.2, 0.25) is 5.71 Å². The molecule has 0 fully saturated rings. The molecule has 0 bridgehead atoms. The van der Waals surface area contributed by atoms with Gasteiger partial charge >= 0.3 is 5.91 Å². The molecule has 0 unspecified atom stereocenters. The van der Waals surface area contributed by atoms with E-state index in [9.17, 15) is 9.59 Å². The second-order valence-electron chi connectivity index (χ2n) is 10.2. The summed E-state index contributed by atoms with van der Waals surface area (Å²) in [6.07, 6.45) is 3.84. The first-order valence-corrected chi connectivity index (χ1v) is 16.6. The zero-order chi connectivity index (χ0) is 28.7. The molecule has 0 saturated heterocycles. The van der Waals surface area contributed by atoms with Crippen LogP contribution in [0.1, 0.15) is 6.92 Å². The van der Waals surface area contributed by atoms with E-state index in [1.54, 1.807) is 16.5 Å². The lowest BCUT2D eigenvalue weighted by molar-refractivity contribution is -0.531. The summed E-state index contributed by atoms with van der Waals surface area (Å²) in [5.41, 5.74) is 6.30. The van der Waals surface area contributed by atoms with Gasteiger partial charge in [-0.2, -0.15) is 0 Å². The van der Waals surface area contributed by atoms with Gasteiger partial charge in [-0.05, 0) is 54.1 Å². The van der Waals surface area contributed by atoms with Crippen molar-refractivity contribution in [2.75, 3.05) is 33.3 Å². The van der Waals surface area contributed by atoms with Gasteiger partial charge in [0, 0.05) is 85.6 Å². The van der Waals surface area contributed by atoms with E-state index in [0.29, 0.717) is 18.7 Å². The molecule has 0 aliphatic carbocycles. The normalized spacial score (nSPS) is 14.0. The Labute approximate surface area is 254 Å². The monoisotopic (exact) mass is 678 g/mol. The van der Waals surface area contributed by atoms with Crippen LogP contribution in [0, 0.1) is 0 Å². The van der Waals surface area contributed by atoms with Crippen molar-refractivity contribution in [1.82, 2.24) is 18.4 Å². The van der Waals surface area contributed by atoms with Crippen LogP contribution in [0.2, 0.25) is 0 Å². The minimum atomic E-state index is -0.0125. The number of aromatic nitrogens is 3. The molecule has 6 rings (SSSR count). The molecule has 1 amide bonds. The quantitative estimate of drug-likeness (QED) is 0.171. The Hall–Kier alpha value is -3.64. The fourth-order valence-corrected chi connectivity index (χ4v) is 6.64. The van der Waals surface area contributed by atoms with Gasteiger partial charge in [-0.3, -0.25) is 13.6 Å². The number of carbonyl (C=O) groups excluding carboxylic acids is 1. The number of rotatable bonds is 7. The molecular weight excluding hydrogens is 649 g/mol. The predicted octanol–water partition coefficient (Wildman–Crippen LogP) is 5.39. The summed E-state index contributed by atoms with van der Waals surface area (Å²) in [6, 6.07) is 20.3. The largest absolute Gasteiger partial charge is 0.487 e. The maximum atomic E-state index is 12.8. The molecule has 208 valence electrons. The van der Waals surface area contributed by atoms with Crippen molar-refractivity contribution in [3.05, 3.63) is 83.4 Å². The second kappa shape index (κ2) is 11.3. The number of carbonyl (C=O) groups is 1. The van der Waals surface area contributed by atoms with Crippen molar-refractivity contribution in [2.45, 2.75) is 6.92 Å². The molecule has 10 heteroatoms. The summed E-state index contributed by atoms with van der Waals surface area (Å²) in [7, 11) is 5.11. The molecule has 5 aromatic rings. The third-order valence-electron chi connectivity index (χ3n) is 7.68. The minimum absolute atomic E-state index is 0.0125. The number of fused-ring (bicyclic) bond motifs is 2. The number of benzene rings is 2. The van der Waals surface area contributed by atoms with Gasteiger partial charge in [0.25, 0.3) is 5.56 Å². The fraction of sp³-hybridized carbons (Fsp3) is 0.226. The number of aryl methyl sites for hydroxylation is 1. The van der Waals surface area contributed by atoms with Crippen LogP contribution in [0.4, 0.5) is 0 Å². The van der Waals surface area contributed by atoms with E-state index in [4.69, 9.17) is 9.72 Å². The molecule has 4 heterocycles. The van der Waals surface area contributed by atoms with Crippen LogP contribution >= 0.6 is 30.3 Å². The van der Waals surface area contributed by atoms with Crippen LogP contribution in [-0.4, -0.2) is 67.9 Å². The van der Waals surface area contributed by atoms with Crippen LogP contribution in [0.25, 0.3) is 44.2 Å². The van der Waals surface area contributed by atoms with Gasteiger partial charge < -0.3 is 14.2 Å². The molecule has 8 nitrogen and oxygen atoms in total. The van der Waals surface area contributed by atoms with Crippen LogP contribution in [-0.2, 0) is 11.8 Å². The number of nitrogens with zero attached hydrogens (tertiary/aromatic N) is 5. The first kappa shape index (κ1) is 27.5.